The fraction of sp³-hybridized carbons (Fsp3) is 0.400. The number of carboxylic acids is 1. The van der Waals surface area contributed by atoms with E-state index >= 15 is 0 Å². The largest absolute Gasteiger partial charge is 0.480 e. The summed E-state index contributed by atoms with van der Waals surface area (Å²) in [7, 11) is 0. The second kappa shape index (κ2) is 12.9. The van der Waals surface area contributed by atoms with E-state index in [2.05, 4.69) is 34.1 Å². The molecular weight excluding hydrogens is 500 g/mol. The quantitative estimate of drug-likeness (QED) is 0.376. The summed E-state index contributed by atoms with van der Waals surface area (Å²) in [6.07, 6.45) is 5.12. The van der Waals surface area contributed by atoms with Gasteiger partial charge in [0.15, 0.2) is 0 Å². The van der Waals surface area contributed by atoms with Gasteiger partial charge in [-0.1, -0.05) is 67.9 Å². The summed E-state index contributed by atoms with van der Waals surface area (Å²) in [5.41, 5.74) is 3.19. The molecular formula is C30H35ClN4O3. The topological polar surface area (TPSA) is 86.6 Å². The highest BCUT2D eigenvalue weighted by atomic mass is 35.5. The van der Waals surface area contributed by atoms with E-state index in [-0.39, 0.29) is 18.4 Å². The Morgan fingerprint density at radius 2 is 1.79 bits per heavy atom. The van der Waals surface area contributed by atoms with Crippen molar-refractivity contribution >= 4 is 29.4 Å². The van der Waals surface area contributed by atoms with Gasteiger partial charge in [-0.15, -0.1) is 0 Å². The summed E-state index contributed by atoms with van der Waals surface area (Å²) in [5, 5.41) is 10.0. The van der Waals surface area contributed by atoms with Gasteiger partial charge in [0.1, 0.15) is 6.54 Å². The number of hydrogen-bond acceptors (Lipinski definition) is 5. The monoisotopic (exact) mass is 534 g/mol. The molecule has 8 heteroatoms. The van der Waals surface area contributed by atoms with Crippen molar-refractivity contribution in [3.63, 3.8) is 0 Å². The van der Waals surface area contributed by atoms with Crippen LogP contribution in [0, 0.1) is 11.8 Å². The molecule has 1 amide bonds. The van der Waals surface area contributed by atoms with Crippen molar-refractivity contribution in [1.82, 2.24) is 14.9 Å². The summed E-state index contributed by atoms with van der Waals surface area (Å²) in [6.45, 7) is 5.56. The van der Waals surface area contributed by atoms with Crippen LogP contribution in [0.5, 0.6) is 0 Å². The van der Waals surface area contributed by atoms with Crippen molar-refractivity contribution < 1.29 is 14.7 Å². The molecule has 0 spiro atoms. The SMILES string of the molecule is CC(C)CN(CC(=O)O)C(=O)c1cnc(N2CCC(Cc3ccccc3)CC2)nc1Cc1cccc(Cl)c1. The molecule has 2 aromatic carbocycles. The smallest absolute Gasteiger partial charge is 0.323 e. The molecule has 1 N–H and O–H groups in total. The van der Waals surface area contributed by atoms with Gasteiger partial charge < -0.3 is 14.9 Å². The molecule has 3 aromatic rings. The number of halogens is 1. The average molecular weight is 535 g/mol. The van der Waals surface area contributed by atoms with E-state index in [0.29, 0.717) is 41.1 Å². The molecule has 1 saturated heterocycles. The Labute approximate surface area is 229 Å². The van der Waals surface area contributed by atoms with Crippen LogP contribution in [0.4, 0.5) is 5.95 Å². The average Bonchev–Trinajstić information content (AvgIpc) is 2.88. The van der Waals surface area contributed by atoms with E-state index in [1.54, 1.807) is 12.3 Å². The number of anilines is 1. The Morgan fingerprint density at radius 1 is 1.08 bits per heavy atom. The van der Waals surface area contributed by atoms with Gasteiger partial charge in [0, 0.05) is 37.3 Å². The minimum absolute atomic E-state index is 0.118. The zero-order valence-corrected chi connectivity index (χ0v) is 22.8. The van der Waals surface area contributed by atoms with Crippen molar-refractivity contribution in [2.75, 3.05) is 31.1 Å². The lowest BCUT2D eigenvalue weighted by Crippen LogP contribution is -2.39. The Morgan fingerprint density at radius 3 is 2.45 bits per heavy atom. The number of nitrogens with zero attached hydrogens (tertiary/aromatic N) is 4. The molecule has 0 bridgehead atoms. The number of carboxylic acid groups (broad SMARTS) is 1. The highest BCUT2D eigenvalue weighted by Crippen LogP contribution is 2.26. The second-order valence-electron chi connectivity index (χ2n) is 10.4. The van der Waals surface area contributed by atoms with E-state index in [9.17, 15) is 14.7 Å². The molecule has 0 saturated carbocycles. The van der Waals surface area contributed by atoms with E-state index in [0.717, 1.165) is 37.9 Å². The molecule has 0 unspecified atom stereocenters. The lowest BCUT2D eigenvalue weighted by atomic mass is 9.90. The number of hydrogen-bond donors (Lipinski definition) is 1. The highest BCUT2D eigenvalue weighted by Gasteiger charge is 2.26. The van der Waals surface area contributed by atoms with Crippen molar-refractivity contribution in [2.45, 2.75) is 39.5 Å². The van der Waals surface area contributed by atoms with Gasteiger partial charge in [-0.2, -0.15) is 0 Å². The first-order chi connectivity index (χ1) is 18.3. The molecule has 1 aliphatic heterocycles. The maximum Gasteiger partial charge on any atom is 0.323 e. The third-order valence-corrected chi connectivity index (χ3v) is 7.04. The Hall–Kier alpha value is -3.45. The number of aromatic nitrogens is 2. The lowest BCUT2D eigenvalue weighted by molar-refractivity contribution is -0.137. The minimum atomic E-state index is -1.05. The molecule has 38 heavy (non-hydrogen) atoms. The molecule has 1 aliphatic rings. The predicted octanol–water partition coefficient (Wildman–Crippen LogP) is 5.36. The van der Waals surface area contributed by atoms with Crippen molar-refractivity contribution in [3.8, 4) is 0 Å². The fourth-order valence-corrected chi connectivity index (χ4v) is 5.20. The maximum atomic E-state index is 13.5. The first kappa shape index (κ1) is 27.6. The molecule has 0 aliphatic carbocycles. The van der Waals surface area contributed by atoms with Crippen molar-refractivity contribution in [3.05, 3.63) is 88.2 Å². The van der Waals surface area contributed by atoms with Gasteiger partial charge in [0.25, 0.3) is 5.91 Å². The van der Waals surface area contributed by atoms with Gasteiger partial charge in [-0.3, -0.25) is 9.59 Å². The number of benzene rings is 2. The van der Waals surface area contributed by atoms with E-state index in [4.69, 9.17) is 16.6 Å². The van der Waals surface area contributed by atoms with Crippen LogP contribution in [0.2, 0.25) is 5.02 Å². The van der Waals surface area contributed by atoms with Gasteiger partial charge >= 0.3 is 5.97 Å². The Kier molecular flexibility index (Phi) is 9.34. The number of carbonyl (C=O) groups excluding carboxylic acids is 1. The van der Waals surface area contributed by atoms with Crippen molar-refractivity contribution in [1.29, 1.82) is 0 Å². The minimum Gasteiger partial charge on any atom is -0.480 e. The van der Waals surface area contributed by atoms with Gasteiger partial charge in [0.05, 0.1) is 11.3 Å². The van der Waals surface area contributed by atoms with Gasteiger partial charge in [-0.05, 0) is 54.4 Å². The van der Waals surface area contributed by atoms with Crippen LogP contribution in [0.15, 0.2) is 60.8 Å². The van der Waals surface area contributed by atoms with Crippen LogP contribution in [0.3, 0.4) is 0 Å². The van der Waals surface area contributed by atoms with Gasteiger partial charge in [0.2, 0.25) is 5.95 Å². The van der Waals surface area contributed by atoms with Crippen LogP contribution < -0.4 is 4.90 Å². The van der Waals surface area contributed by atoms with Crippen LogP contribution in [-0.4, -0.2) is 58.0 Å². The summed E-state index contributed by atoms with van der Waals surface area (Å²) in [4.78, 5) is 38.0. The van der Waals surface area contributed by atoms with E-state index in [1.807, 2.05) is 38.1 Å². The number of carbonyl (C=O) groups is 2. The Balaban J connectivity index is 1.57. The zero-order valence-electron chi connectivity index (χ0n) is 22.0. The number of amides is 1. The second-order valence-corrected chi connectivity index (χ2v) is 10.9. The highest BCUT2D eigenvalue weighted by molar-refractivity contribution is 6.30. The van der Waals surface area contributed by atoms with Crippen LogP contribution in [-0.2, 0) is 17.6 Å². The molecule has 2 heterocycles. The van der Waals surface area contributed by atoms with Crippen LogP contribution in [0.25, 0.3) is 0 Å². The molecule has 1 fully saturated rings. The molecule has 4 rings (SSSR count). The van der Waals surface area contributed by atoms with Crippen molar-refractivity contribution in [2.24, 2.45) is 11.8 Å². The number of aliphatic carboxylic acids is 1. The van der Waals surface area contributed by atoms with Crippen LogP contribution in [0.1, 0.15) is 53.9 Å². The molecule has 0 radical (unpaired) electrons. The molecule has 200 valence electrons. The molecule has 0 atom stereocenters. The predicted molar refractivity (Wildman–Crippen MR) is 150 cm³/mol. The third-order valence-electron chi connectivity index (χ3n) is 6.81. The molecule has 1 aromatic heterocycles. The maximum absolute atomic E-state index is 13.5. The van der Waals surface area contributed by atoms with Gasteiger partial charge in [-0.25, -0.2) is 9.97 Å². The first-order valence-electron chi connectivity index (χ1n) is 13.2. The summed E-state index contributed by atoms with van der Waals surface area (Å²) in [5.74, 6) is -0.0870. The normalized spacial score (nSPS) is 14.1. The fourth-order valence-electron chi connectivity index (χ4n) is 4.99. The Bertz CT molecular complexity index is 1240. The summed E-state index contributed by atoms with van der Waals surface area (Å²) in [6, 6.07) is 18.1. The lowest BCUT2D eigenvalue weighted by Gasteiger charge is -2.32. The van der Waals surface area contributed by atoms with Crippen LogP contribution >= 0.6 is 11.6 Å². The standard InChI is InChI=1S/C30H35ClN4O3/c1-21(2)19-35(20-28(36)37)29(38)26-18-32-30(33-27(26)17-24-9-6-10-25(31)16-24)34-13-11-23(12-14-34)15-22-7-4-3-5-8-22/h3-10,16,18,21,23H,11-15,17,19-20H2,1-2H3,(H,36,37). The number of piperidine rings is 1. The number of rotatable bonds is 10. The van der Waals surface area contributed by atoms with E-state index in [1.165, 1.54) is 10.5 Å². The zero-order chi connectivity index (χ0) is 27.1. The molecule has 7 nitrogen and oxygen atoms in total. The summed E-state index contributed by atoms with van der Waals surface area (Å²) >= 11 is 6.22. The summed E-state index contributed by atoms with van der Waals surface area (Å²) < 4.78 is 0. The first-order valence-corrected chi connectivity index (χ1v) is 13.6. The third kappa shape index (κ3) is 7.54. The van der Waals surface area contributed by atoms with E-state index < -0.39 is 5.97 Å².